The average Bonchev–Trinajstić information content (AvgIpc) is 3.25. The summed E-state index contributed by atoms with van der Waals surface area (Å²) in [5.74, 6) is 0.0128. The number of nitrogens with zero attached hydrogens (tertiary/aromatic N) is 2. The van der Waals surface area contributed by atoms with E-state index in [4.69, 9.17) is 16.3 Å². The van der Waals surface area contributed by atoms with Gasteiger partial charge in [0, 0.05) is 42.6 Å². The molecule has 1 N–H and O–H groups in total. The standard InChI is InChI=1S/C23H28ClN3O2/c1-17-14-20(27-10-2-3-11-27)8-9-21(17)25-23(28)16-26-12-13-29-22(15-26)18-4-6-19(24)7-5-18/h4-9,14,22H,2-3,10-13,15-16H2,1H3,(H,25,28). The number of anilines is 2. The zero-order valence-corrected chi connectivity index (χ0v) is 17.6. The van der Waals surface area contributed by atoms with Crippen LogP contribution in [0.15, 0.2) is 42.5 Å². The van der Waals surface area contributed by atoms with Crippen LogP contribution in [0.2, 0.25) is 5.02 Å². The van der Waals surface area contributed by atoms with Crippen LogP contribution in [0.3, 0.4) is 0 Å². The normalized spacial score (nSPS) is 20.1. The van der Waals surface area contributed by atoms with E-state index in [0.717, 1.165) is 36.4 Å². The van der Waals surface area contributed by atoms with Crippen LogP contribution >= 0.6 is 11.6 Å². The van der Waals surface area contributed by atoms with Crippen LogP contribution in [0.25, 0.3) is 0 Å². The van der Waals surface area contributed by atoms with Crippen molar-refractivity contribution in [3.8, 4) is 0 Å². The number of nitrogens with one attached hydrogen (secondary N) is 1. The Labute approximate surface area is 177 Å². The molecule has 1 unspecified atom stereocenters. The van der Waals surface area contributed by atoms with Crippen LogP contribution < -0.4 is 10.2 Å². The summed E-state index contributed by atoms with van der Waals surface area (Å²) in [6.07, 6.45) is 2.48. The van der Waals surface area contributed by atoms with Gasteiger partial charge < -0.3 is 15.0 Å². The number of benzene rings is 2. The molecule has 1 atom stereocenters. The molecule has 6 heteroatoms. The van der Waals surface area contributed by atoms with E-state index in [-0.39, 0.29) is 12.0 Å². The molecular formula is C23H28ClN3O2. The van der Waals surface area contributed by atoms with Gasteiger partial charge in [-0.25, -0.2) is 0 Å². The van der Waals surface area contributed by atoms with Crippen molar-refractivity contribution in [1.82, 2.24) is 4.90 Å². The fraction of sp³-hybridized carbons (Fsp3) is 0.435. The van der Waals surface area contributed by atoms with Crippen molar-refractivity contribution in [2.45, 2.75) is 25.9 Å². The van der Waals surface area contributed by atoms with Gasteiger partial charge in [-0.2, -0.15) is 0 Å². The number of hydrogen-bond donors (Lipinski definition) is 1. The molecule has 29 heavy (non-hydrogen) atoms. The third kappa shape index (κ3) is 5.10. The lowest BCUT2D eigenvalue weighted by Crippen LogP contribution is -2.42. The summed E-state index contributed by atoms with van der Waals surface area (Å²) in [4.78, 5) is 17.2. The van der Waals surface area contributed by atoms with Gasteiger partial charge in [-0.1, -0.05) is 23.7 Å². The lowest BCUT2D eigenvalue weighted by molar-refractivity contribution is -0.119. The molecule has 2 aliphatic heterocycles. The van der Waals surface area contributed by atoms with E-state index in [1.807, 2.05) is 30.3 Å². The number of halogens is 1. The molecule has 2 aliphatic rings. The molecule has 5 nitrogen and oxygen atoms in total. The molecular weight excluding hydrogens is 386 g/mol. The third-order valence-corrected chi connectivity index (χ3v) is 5.97. The Kier molecular flexibility index (Phi) is 6.38. The molecule has 0 radical (unpaired) electrons. The summed E-state index contributed by atoms with van der Waals surface area (Å²) in [5.41, 5.74) is 4.33. The van der Waals surface area contributed by atoms with Crippen molar-refractivity contribution < 1.29 is 9.53 Å². The minimum Gasteiger partial charge on any atom is -0.372 e. The fourth-order valence-electron chi connectivity index (χ4n) is 4.08. The topological polar surface area (TPSA) is 44.8 Å². The number of hydrogen-bond acceptors (Lipinski definition) is 4. The molecule has 4 rings (SSSR count). The molecule has 2 heterocycles. The van der Waals surface area contributed by atoms with Crippen molar-refractivity contribution >= 4 is 28.9 Å². The molecule has 0 aliphatic carbocycles. The van der Waals surface area contributed by atoms with Crippen molar-refractivity contribution in [2.24, 2.45) is 0 Å². The number of carbonyl (C=O) groups is 1. The van der Waals surface area contributed by atoms with Crippen LogP contribution in [0.1, 0.15) is 30.1 Å². The molecule has 0 aromatic heterocycles. The average molecular weight is 414 g/mol. The first kappa shape index (κ1) is 20.2. The van der Waals surface area contributed by atoms with Crippen LogP contribution in [-0.2, 0) is 9.53 Å². The molecule has 154 valence electrons. The smallest absolute Gasteiger partial charge is 0.238 e. The van der Waals surface area contributed by atoms with Gasteiger partial charge in [0.1, 0.15) is 0 Å². The highest BCUT2D eigenvalue weighted by Crippen LogP contribution is 2.26. The van der Waals surface area contributed by atoms with Crippen molar-refractivity contribution in [2.75, 3.05) is 49.5 Å². The van der Waals surface area contributed by atoms with Crippen LogP contribution in [0, 0.1) is 6.92 Å². The minimum atomic E-state index is -0.0321. The molecule has 0 saturated carbocycles. The molecule has 2 fully saturated rings. The molecule has 0 spiro atoms. The van der Waals surface area contributed by atoms with Crippen LogP contribution in [0.5, 0.6) is 0 Å². The molecule has 2 aromatic carbocycles. The maximum atomic E-state index is 12.6. The number of amides is 1. The highest BCUT2D eigenvalue weighted by molar-refractivity contribution is 6.30. The molecule has 1 amide bonds. The van der Waals surface area contributed by atoms with E-state index in [9.17, 15) is 4.79 Å². The highest BCUT2D eigenvalue weighted by Gasteiger charge is 2.23. The molecule has 2 saturated heterocycles. The quantitative estimate of drug-likeness (QED) is 0.795. The zero-order valence-electron chi connectivity index (χ0n) is 16.9. The predicted molar refractivity (Wildman–Crippen MR) is 118 cm³/mol. The Morgan fingerprint density at radius 2 is 1.90 bits per heavy atom. The van der Waals surface area contributed by atoms with Gasteiger partial charge in [-0.05, 0) is 61.2 Å². The first-order valence-corrected chi connectivity index (χ1v) is 10.7. The predicted octanol–water partition coefficient (Wildman–Crippen LogP) is 4.26. The Balaban J connectivity index is 1.33. The van der Waals surface area contributed by atoms with Gasteiger partial charge in [0.15, 0.2) is 0 Å². The van der Waals surface area contributed by atoms with Gasteiger partial charge in [-0.3, -0.25) is 9.69 Å². The van der Waals surface area contributed by atoms with Crippen LogP contribution in [-0.4, -0.2) is 50.1 Å². The van der Waals surface area contributed by atoms with E-state index in [0.29, 0.717) is 24.7 Å². The highest BCUT2D eigenvalue weighted by atomic mass is 35.5. The molecule has 2 aromatic rings. The Morgan fingerprint density at radius 1 is 1.14 bits per heavy atom. The summed E-state index contributed by atoms with van der Waals surface area (Å²) in [6.45, 7) is 6.73. The third-order valence-electron chi connectivity index (χ3n) is 5.71. The SMILES string of the molecule is Cc1cc(N2CCCC2)ccc1NC(=O)CN1CCOC(c2ccc(Cl)cc2)C1. The second kappa shape index (κ2) is 9.16. The van der Waals surface area contributed by atoms with Gasteiger partial charge in [-0.15, -0.1) is 0 Å². The van der Waals surface area contributed by atoms with Crippen molar-refractivity contribution in [3.05, 3.63) is 58.6 Å². The number of carbonyl (C=O) groups excluding carboxylic acids is 1. The zero-order chi connectivity index (χ0) is 20.2. The van der Waals surface area contributed by atoms with Crippen molar-refractivity contribution in [1.29, 1.82) is 0 Å². The number of morpholine rings is 1. The fourth-order valence-corrected chi connectivity index (χ4v) is 4.20. The Bertz CT molecular complexity index is 850. The van der Waals surface area contributed by atoms with E-state index < -0.39 is 0 Å². The number of ether oxygens (including phenoxy) is 1. The first-order chi connectivity index (χ1) is 14.1. The van der Waals surface area contributed by atoms with E-state index in [2.05, 4.69) is 34.2 Å². The van der Waals surface area contributed by atoms with Crippen LogP contribution in [0.4, 0.5) is 11.4 Å². The second-order valence-electron chi connectivity index (χ2n) is 7.89. The summed E-state index contributed by atoms with van der Waals surface area (Å²) in [7, 11) is 0. The minimum absolute atomic E-state index is 0.0128. The van der Waals surface area contributed by atoms with E-state index >= 15 is 0 Å². The summed E-state index contributed by atoms with van der Waals surface area (Å²) in [6, 6.07) is 14.0. The lowest BCUT2D eigenvalue weighted by Gasteiger charge is -2.32. The van der Waals surface area contributed by atoms with Gasteiger partial charge >= 0.3 is 0 Å². The summed E-state index contributed by atoms with van der Waals surface area (Å²) >= 11 is 5.98. The van der Waals surface area contributed by atoms with Gasteiger partial charge in [0.25, 0.3) is 0 Å². The monoisotopic (exact) mass is 413 g/mol. The number of rotatable bonds is 5. The summed E-state index contributed by atoms with van der Waals surface area (Å²) in [5, 5.41) is 3.79. The first-order valence-electron chi connectivity index (χ1n) is 10.3. The second-order valence-corrected chi connectivity index (χ2v) is 8.32. The Hall–Kier alpha value is -2.08. The van der Waals surface area contributed by atoms with E-state index in [1.54, 1.807) is 0 Å². The van der Waals surface area contributed by atoms with E-state index in [1.165, 1.54) is 18.5 Å². The van der Waals surface area contributed by atoms with Gasteiger partial charge in [0.05, 0.1) is 19.3 Å². The number of aryl methyl sites for hydroxylation is 1. The maximum absolute atomic E-state index is 12.6. The summed E-state index contributed by atoms with van der Waals surface area (Å²) < 4.78 is 5.89. The van der Waals surface area contributed by atoms with Crippen molar-refractivity contribution in [3.63, 3.8) is 0 Å². The van der Waals surface area contributed by atoms with Gasteiger partial charge in [0.2, 0.25) is 5.91 Å². The molecule has 0 bridgehead atoms. The largest absolute Gasteiger partial charge is 0.372 e. The lowest BCUT2D eigenvalue weighted by atomic mass is 10.1. The Morgan fingerprint density at radius 3 is 2.62 bits per heavy atom. The maximum Gasteiger partial charge on any atom is 0.238 e.